The Kier molecular flexibility index (Phi) is 4.15. The number of allylic oxidation sites excluding steroid dienone is 4. The molecule has 18 heavy (non-hydrogen) atoms. The molecule has 1 N–H and O–H groups in total. The first-order valence-electron chi connectivity index (χ1n) is 5.84. The summed E-state index contributed by atoms with van der Waals surface area (Å²) in [5.41, 5.74) is 1.49. The van der Waals surface area contributed by atoms with E-state index in [1.165, 1.54) is 0 Å². The summed E-state index contributed by atoms with van der Waals surface area (Å²) in [7, 11) is 0. The van der Waals surface area contributed by atoms with E-state index in [4.69, 9.17) is 27.6 Å². The molecular formula is C13H15Cl2NO2. The van der Waals surface area contributed by atoms with Crippen LogP contribution in [0, 0.1) is 0 Å². The van der Waals surface area contributed by atoms with Gasteiger partial charge in [0.1, 0.15) is 11.5 Å². The standard InChI is InChI=1S/C13H15Cl2NO2/c1-7(2)12-11(6-17)16-13(18-12)8-3-4-9(14)10(15)5-8/h3-4,7,10,17H,5-6H2,1-2H3. The van der Waals surface area contributed by atoms with Crippen molar-refractivity contribution in [1.29, 1.82) is 0 Å². The predicted molar refractivity (Wildman–Crippen MR) is 72.7 cm³/mol. The summed E-state index contributed by atoms with van der Waals surface area (Å²) < 4.78 is 5.72. The number of hydrogen-bond acceptors (Lipinski definition) is 3. The van der Waals surface area contributed by atoms with Gasteiger partial charge in [0.2, 0.25) is 5.89 Å². The fourth-order valence-corrected chi connectivity index (χ4v) is 2.25. The van der Waals surface area contributed by atoms with E-state index in [2.05, 4.69) is 4.98 Å². The van der Waals surface area contributed by atoms with Gasteiger partial charge in [0.15, 0.2) is 0 Å². The van der Waals surface area contributed by atoms with E-state index in [0.29, 0.717) is 23.0 Å². The lowest BCUT2D eigenvalue weighted by molar-refractivity contribution is 0.273. The average Bonchev–Trinajstić information content (AvgIpc) is 2.77. The molecule has 0 saturated heterocycles. The lowest BCUT2D eigenvalue weighted by Crippen LogP contribution is -2.04. The first-order valence-corrected chi connectivity index (χ1v) is 6.65. The maximum Gasteiger partial charge on any atom is 0.222 e. The van der Waals surface area contributed by atoms with Crippen LogP contribution in [0.2, 0.25) is 0 Å². The largest absolute Gasteiger partial charge is 0.441 e. The third kappa shape index (κ3) is 2.63. The zero-order valence-electron chi connectivity index (χ0n) is 10.3. The second-order valence-electron chi connectivity index (χ2n) is 4.56. The molecule has 1 aliphatic carbocycles. The van der Waals surface area contributed by atoms with Crippen molar-refractivity contribution in [2.24, 2.45) is 0 Å². The van der Waals surface area contributed by atoms with E-state index in [1.54, 1.807) is 6.08 Å². The molecule has 0 aliphatic heterocycles. The van der Waals surface area contributed by atoms with Gasteiger partial charge in [-0.2, -0.15) is 0 Å². The molecule has 0 fully saturated rings. The number of aromatic nitrogens is 1. The molecule has 0 bridgehead atoms. The number of oxazole rings is 1. The van der Waals surface area contributed by atoms with Gasteiger partial charge in [0, 0.05) is 16.5 Å². The molecule has 1 heterocycles. The lowest BCUT2D eigenvalue weighted by atomic mass is 10.0. The van der Waals surface area contributed by atoms with Crippen LogP contribution in [0.1, 0.15) is 43.5 Å². The molecule has 5 heteroatoms. The first kappa shape index (κ1) is 13.7. The van der Waals surface area contributed by atoms with Crippen molar-refractivity contribution >= 4 is 28.8 Å². The van der Waals surface area contributed by atoms with Crippen molar-refractivity contribution < 1.29 is 9.52 Å². The minimum atomic E-state index is -0.237. The zero-order valence-corrected chi connectivity index (χ0v) is 11.8. The molecule has 0 radical (unpaired) electrons. The molecular weight excluding hydrogens is 273 g/mol. The minimum absolute atomic E-state index is 0.120. The number of halogens is 2. The summed E-state index contributed by atoms with van der Waals surface area (Å²) >= 11 is 12.0. The van der Waals surface area contributed by atoms with Gasteiger partial charge in [-0.3, -0.25) is 0 Å². The molecule has 1 unspecified atom stereocenters. The number of nitrogens with zero attached hydrogens (tertiary/aromatic N) is 1. The molecule has 0 amide bonds. The summed E-state index contributed by atoms with van der Waals surface area (Å²) in [4.78, 5) is 4.32. The predicted octanol–water partition coefficient (Wildman–Crippen LogP) is 3.81. The van der Waals surface area contributed by atoms with Crippen LogP contribution < -0.4 is 0 Å². The van der Waals surface area contributed by atoms with Crippen LogP contribution in [0.3, 0.4) is 0 Å². The van der Waals surface area contributed by atoms with E-state index in [1.807, 2.05) is 19.9 Å². The second kappa shape index (κ2) is 5.47. The number of aliphatic hydroxyl groups excluding tert-OH is 1. The number of hydrogen-bond donors (Lipinski definition) is 1. The Morgan fingerprint density at radius 1 is 1.50 bits per heavy atom. The van der Waals surface area contributed by atoms with Gasteiger partial charge in [-0.25, -0.2) is 4.98 Å². The van der Waals surface area contributed by atoms with Crippen LogP contribution in [0.5, 0.6) is 0 Å². The van der Waals surface area contributed by atoms with E-state index in [9.17, 15) is 5.11 Å². The van der Waals surface area contributed by atoms with Crippen molar-refractivity contribution in [3.05, 3.63) is 34.5 Å². The summed E-state index contributed by atoms with van der Waals surface area (Å²) in [5.74, 6) is 1.43. The van der Waals surface area contributed by atoms with Crippen molar-refractivity contribution in [3.63, 3.8) is 0 Å². The van der Waals surface area contributed by atoms with E-state index in [-0.39, 0.29) is 17.9 Å². The van der Waals surface area contributed by atoms with Gasteiger partial charge in [-0.1, -0.05) is 31.5 Å². The van der Waals surface area contributed by atoms with Crippen LogP contribution in [0.25, 0.3) is 5.57 Å². The first-order chi connectivity index (χ1) is 8.52. The summed E-state index contributed by atoms with van der Waals surface area (Å²) in [6, 6.07) is 0. The maximum atomic E-state index is 9.27. The highest BCUT2D eigenvalue weighted by Crippen LogP contribution is 2.33. The monoisotopic (exact) mass is 287 g/mol. The molecule has 2 rings (SSSR count). The van der Waals surface area contributed by atoms with Crippen LogP contribution in [0.15, 0.2) is 21.6 Å². The molecule has 1 atom stereocenters. The smallest absolute Gasteiger partial charge is 0.222 e. The van der Waals surface area contributed by atoms with Crippen LogP contribution >= 0.6 is 23.2 Å². The van der Waals surface area contributed by atoms with Crippen molar-refractivity contribution in [2.75, 3.05) is 0 Å². The molecule has 1 aliphatic rings. The second-order valence-corrected chi connectivity index (χ2v) is 5.52. The van der Waals surface area contributed by atoms with E-state index in [0.717, 1.165) is 11.3 Å². The highest BCUT2D eigenvalue weighted by atomic mass is 35.5. The zero-order chi connectivity index (χ0) is 13.3. The highest BCUT2D eigenvalue weighted by molar-refractivity contribution is 6.38. The molecule has 3 nitrogen and oxygen atoms in total. The van der Waals surface area contributed by atoms with Gasteiger partial charge >= 0.3 is 0 Å². The van der Waals surface area contributed by atoms with Gasteiger partial charge in [0.25, 0.3) is 0 Å². The van der Waals surface area contributed by atoms with Crippen molar-refractivity contribution in [1.82, 2.24) is 4.98 Å². The fourth-order valence-electron chi connectivity index (χ4n) is 1.87. The fraction of sp³-hybridized carbons (Fsp3) is 0.462. The van der Waals surface area contributed by atoms with Crippen LogP contribution in [0.4, 0.5) is 0 Å². The van der Waals surface area contributed by atoms with Gasteiger partial charge in [-0.05, 0) is 12.5 Å². The Morgan fingerprint density at radius 2 is 2.22 bits per heavy atom. The van der Waals surface area contributed by atoms with Gasteiger partial charge < -0.3 is 9.52 Å². The van der Waals surface area contributed by atoms with Gasteiger partial charge in [0.05, 0.1) is 12.0 Å². The molecule has 0 saturated carbocycles. The molecule has 1 aromatic rings. The summed E-state index contributed by atoms with van der Waals surface area (Å²) in [6.07, 6.45) is 4.20. The van der Waals surface area contributed by atoms with Crippen molar-refractivity contribution in [2.45, 2.75) is 38.2 Å². The van der Waals surface area contributed by atoms with Crippen molar-refractivity contribution in [3.8, 4) is 0 Å². The Balaban J connectivity index is 2.35. The average molecular weight is 288 g/mol. The SMILES string of the molecule is CC(C)c1oc(C2=CC=C(Cl)C(Cl)C2)nc1CO. The van der Waals surface area contributed by atoms with E-state index >= 15 is 0 Å². The molecule has 1 aromatic heterocycles. The normalized spacial score (nSPS) is 20.0. The molecule has 0 spiro atoms. The Bertz CT molecular complexity index is 503. The Morgan fingerprint density at radius 3 is 2.72 bits per heavy atom. The third-order valence-electron chi connectivity index (χ3n) is 2.82. The summed E-state index contributed by atoms with van der Waals surface area (Å²) in [6.45, 7) is 3.88. The highest BCUT2D eigenvalue weighted by Gasteiger charge is 2.22. The molecule has 0 aromatic carbocycles. The third-order valence-corrected chi connectivity index (χ3v) is 3.71. The van der Waals surface area contributed by atoms with Gasteiger partial charge in [-0.15, -0.1) is 11.6 Å². The summed E-state index contributed by atoms with van der Waals surface area (Å²) in [5, 5.41) is 9.66. The maximum absolute atomic E-state index is 9.27. The topological polar surface area (TPSA) is 46.3 Å². The van der Waals surface area contributed by atoms with Crippen LogP contribution in [-0.4, -0.2) is 15.5 Å². The lowest BCUT2D eigenvalue weighted by Gasteiger charge is -2.13. The quantitative estimate of drug-likeness (QED) is 0.860. The van der Waals surface area contributed by atoms with E-state index < -0.39 is 0 Å². The van der Waals surface area contributed by atoms with Crippen LogP contribution in [-0.2, 0) is 6.61 Å². The Labute approximate surface area is 116 Å². The molecule has 98 valence electrons. The minimum Gasteiger partial charge on any atom is -0.441 e. The Hall–Kier alpha value is -0.770. The number of alkyl halides is 1. The number of rotatable bonds is 3. The number of aliphatic hydroxyl groups is 1.